The van der Waals surface area contributed by atoms with Crippen molar-refractivity contribution in [1.29, 1.82) is 0 Å². The van der Waals surface area contributed by atoms with E-state index in [2.05, 4.69) is 27.4 Å². The summed E-state index contributed by atoms with van der Waals surface area (Å²) in [5.41, 5.74) is 6.30. The highest BCUT2D eigenvalue weighted by molar-refractivity contribution is 5.66. The number of ether oxygens (including phenoxy) is 1. The molecule has 15 heavy (non-hydrogen) atoms. The number of methoxy groups -OCH3 is 1. The van der Waals surface area contributed by atoms with Crippen LogP contribution in [-0.2, 0) is 0 Å². The van der Waals surface area contributed by atoms with Gasteiger partial charge >= 0.3 is 0 Å². The molecule has 2 rings (SSSR count). The average molecular weight is 206 g/mol. The van der Waals surface area contributed by atoms with Crippen molar-refractivity contribution in [2.24, 2.45) is 0 Å². The van der Waals surface area contributed by atoms with Crippen LogP contribution in [0.25, 0.3) is 0 Å². The van der Waals surface area contributed by atoms with Gasteiger partial charge in [-0.2, -0.15) is 4.98 Å². The molecule has 0 saturated heterocycles. The van der Waals surface area contributed by atoms with Gasteiger partial charge < -0.3 is 15.8 Å². The summed E-state index contributed by atoms with van der Waals surface area (Å²) in [4.78, 5) is 8.01. The van der Waals surface area contributed by atoms with Crippen molar-refractivity contribution in [1.82, 2.24) is 9.97 Å². The van der Waals surface area contributed by atoms with Crippen LogP contribution < -0.4 is 15.8 Å². The van der Waals surface area contributed by atoms with Crippen molar-refractivity contribution in [2.75, 3.05) is 18.2 Å². The third-order valence-corrected chi connectivity index (χ3v) is 2.39. The van der Waals surface area contributed by atoms with Gasteiger partial charge in [0.25, 0.3) is 0 Å². The van der Waals surface area contributed by atoms with E-state index in [1.807, 2.05) is 0 Å². The highest BCUT2D eigenvalue weighted by atomic mass is 16.5. The summed E-state index contributed by atoms with van der Waals surface area (Å²) in [5.74, 6) is 1.06. The zero-order chi connectivity index (χ0) is 10.7. The largest absolute Gasteiger partial charge is 0.479 e. The Labute approximate surface area is 88.4 Å². The Balaban J connectivity index is 2.13. The van der Waals surface area contributed by atoms with E-state index in [9.17, 15) is 0 Å². The Hall–Kier alpha value is -1.78. The quantitative estimate of drug-likeness (QED) is 0.727. The fourth-order valence-corrected chi connectivity index (χ4v) is 1.59. The van der Waals surface area contributed by atoms with Gasteiger partial charge in [-0.05, 0) is 12.8 Å². The van der Waals surface area contributed by atoms with Crippen molar-refractivity contribution in [3.63, 3.8) is 0 Å². The maximum atomic E-state index is 5.84. The van der Waals surface area contributed by atoms with Gasteiger partial charge in [-0.15, -0.1) is 0 Å². The molecule has 1 aromatic heterocycles. The smallest absolute Gasteiger partial charge is 0.242 e. The number of nitrogens with zero attached hydrogens (tertiary/aromatic N) is 2. The first kappa shape index (κ1) is 9.76. The first-order valence-electron chi connectivity index (χ1n) is 4.87. The van der Waals surface area contributed by atoms with E-state index in [0.717, 1.165) is 12.8 Å². The molecule has 0 unspecified atom stereocenters. The third-order valence-electron chi connectivity index (χ3n) is 2.39. The van der Waals surface area contributed by atoms with Crippen LogP contribution in [0.5, 0.6) is 5.88 Å². The minimum atomic E-state index is 0.381. The molecule has 0 spiro atoms. The van der Waals surface area contributed by atoms with Gasteiger partial charge in [-0.25, -0.2) is 4.98 Å². The van der Waals surface area contributed by atoms with Crippen LogP contribution in [0, 0.1) is 0 Å². The Morgan fingerprint density at radius 1 is 1.40 bits per heavy atom. The third kappa shape index (κ3) is 2.01. The fourth-order valence-electron chi connectivity index (χ4n) is 1.59. The maximum absolute atomic E-state index is 5.84. The monoisotopic (exact) mass is 206 g/mol. The number of hydrogen-bond acceptors (Lipinski definition) is 5. The van der Waals surface area contributed by atoms with E-state index in [1.54, 1.807) is 7.11 Å². The summed E-state index contributed by atoms with van der Waals surface area (Å²) >= 11 is 0. The molecule has 5 heteroatoms. The van der Waals surface area contributed by atoms with Crippen molar-refractivity contribution in [3.05, 3.63) is 18.5 Å². The highest BCUT2D eigenvalue weighted by Crippen LogP contribution is 2.26. The number of hydrogen-bond donors (Lipinski definition) is 2. The predicted molar refractivity (Wildman–Crippen MR) is 58.8 cm³/mol. The van der Waals surface area contributed by atoms with E-state index in [0.29, 0.717) is 23.4 Å². The van der Waals surface area contributed by atoms with Crippen LogP contribution in [0.2, 0.25) is 0 Å². The van der Waals surface area contributed by atoms with E-state index in [-0.39, 0.29) is 0 Å². The number of anilines is 2. The van der Waals surface area contributed by atoms with Crippen LogP contribution in [0.1, 0.15) is 12.8 Å². The molecule has 3 N–H and O–H groups in total. The second-order valence-corrected chi connectivity index (χ2v) is 3.43. The number of nitrogens with one attached hydrogen (secondary N) is 1. The van der Waals surface area contributed by atoms with E-state index < -0.39 is 0 Å². The average Bonchev–Trinajstić information content (AvgIpc) is 2.74. The molecule has 80 valence electrons. The molecule has 0 amide bonds. The number of nitrogens with two attached hydrogens (primary N) is 1. The van der Waals surface area contributed by atoms with E-state index in [4.69, 9.17) is 10.5 Å². The molecule has 1 heterocycles. The van der Waals surface area contributed by atoms with Gasteiger partial charge in [-0.3, -0.25) is 0 Å². The summed E-state index contributed by atoms with van der Waals surface area (Å²) in [6, 6.07) is 0.381. The first-order chi connectivity index (χ1) is 7.31. The Kier molecular flexibility index (Phi) is 2.71. The van der Waals surface area contributed by atoms with Crippen LogP contribution in [0.15, 0.2) is 18.5 Å². The normalized spacial score (nSPS) is 15.5. The molecule has 0 atom stereocenters. The number of rotatable bonds is 3. The van der Waals surface area contributed by atoms with Crippen molar-refractivity contribution in [3.8, 4) is 5.88 Å². The maximum Gasteiger partial charge on any atom is 0.242 e. The minimum Gasteiger partial charge on any atom is -0.479 e. The van der Waals surface area contributed by atoms with E-state index >= 15 is 0 Å². The minimum absolute atomic E-state index is 0.381. The van der Waals surface area contributed by atoms with Crippen molar-refractivity contribution in [2.45, 2.75) is 18.9 Å². The molecule has 0 radical (unpaired) electrons. The molecular weight excluding hydrogens is 192 g/mol. The Morgan fingerprint density at radius 3 is 2.80 bits per heavy atom. The lowest BCUT2D eigenvalue weighted by atomic mass is 10.2. The number of aromatic nitrogens is 2. The van der Waals surface area contributed by atoms with Gasteiger partial charge in [-0.1, -0.05) is 12.2 Å². The summed E-state index contributed by atoms with van der Waals surface area (Å²) in [5, 5.41) is 3.27. The van der Waals surface area contributed by atoms with Crippen LogP contribution >= 0.6 is 0 Å². The van der Waals surface area contributed by atoms with E-state index in [1.165, 1.54) is 6.33 Å². The topological polar surface area (TPSA) is 73.1 Å². The number of nitrogen functional groups attached to an aromatic ring is 1. The predicted octanol–water partition coefficient (Wildman–Crippen LogP) is 1.20. The molecule has 0 aliphatic heterocycles. The fraction of sp³-hybridized carbons (Fsp3) is 0.400. The summed E-state index contributed by atoms with van der Waals surface area (Å²) in [6.07, 6.45) is 7.75. The molecule has 1 aliphatic rings. The van der Waals surface area contributed by atoms with Gasteiger partial charge in [0.15, 0.2) is 5.82 Å². The molecule has 5 nitrogen and oxygen atoms in total. The summed E-state index contributed by atoms with van der Waals surface area (Å²) < 4.78 is 5.02. The molecule has 0 bridgehead atoms. The molecular formula is C10H14N4O. The summed E-state index contributed by atoms with van der Waals surface area (Å²) in [6.45, 7) is 0. The molecule has 0 aromatic carbocycles. The van der Waals surface area contributed by atoms with Gasteiger partial charge in [0.1, 0.15) is 12.0 Å². The molecule has 0 saturated carbocycles. The second kappa shape index (κ2) is 4.16. The molecule has 1 aromatic rings. The van der Waals surface area contributed by atoms with Crippen LogP contribution in [0.3, 0.4) is 0 Å². The van der Waals surface area contributed by atoms with Crippen molar-refractivity contribution >= 4 is 11.5 Å². The Bertz CT molecular complexity index is 370. The van der Waals surface area contributed by atoms with Gasteiger partial charge in [0, 0.05) is 6.04 Å². The standard InChI is InChI=1S/C10H14N4O/c1-15-10-8(11)9(12-6-13-10)14-7-4-2-3-5-7/h2-3,6-7H,4-5,11H2,1H3,(H,12,13,14). The summed E-state index contributed by atoms with van der Waals surface area (Å²) in [7, 11) is 1.54. The molecule has 1 aliphatic carbocycles. The van der Waals surface area contributed by atoms with Crippen LogP contribution in [-0.4, -0.2) is 23.1 Å². The zero-order valence-electron chi connectivity index (χ0n) is 8.60. The lowest BCUT2D eigenvalue weighted by Gasteiger charge is -2.14. The second-order valence-electron chi connectivity index (χ2n) is 3.43. The SMILES string of the molecule is COc1ncnc(NC2CC=CC2)c1N. The van der Waals surface area contributed by atoms with Gasteiger partial charge in [0.05, 0.1) is 7.11 Å². The Morgan fingerprint density at radius 2 is 2.13 bits per heavy atom. The van der Waals surface area contributed by atoms with Gasteiger partial charge in [0.2, 0.25) is 5.88 Å². The molecule has 0 fully saturated rings. The lowest BCUT2D eigenvalue weighted by molar-refractivity contribution is 0.399. The van der Waals surface area contributed by atoms with Crippen LogP contribution in [0.4, 0.5) is 11.5 Å². The van der Waals surface area contributed by atoms with Crippen molar-refractivity contribution < 1.29 is 4.74 Å². The zero-order valence-corrected chi connectivity index (χ0v) is 8.60. The lowest BCUT2D eigenvalue weighted by Crippen LogP contribution is -2.17. The first-order valence-corrected chi connectivity index (χ1v) is 4.87. The highest BCUT2D eigenvalue weighted by Gasteiger charge is 2.14.